The van der Waals surface area contributed by atoms with Gasteiger partial charge in [0.2, 0.25) is 0 Å². The van der Waals surface area contributed by atoms with Crippen molar-refractivity contribution < 1.29 is 0 Å². The largest absolute Gasteiger partial charge is 0.370 e. The first-order chi connectivity index (χ1) is 8.61. The molecule has 0 fully saturated rings. The summed E-state index contributed by atoms with van der Waals surface area (Å²) in [6.45, 7) is 2.89. The molecule has 0 saturated carbocycles. The van der Waals surface area contributed by atoms with Crippen molar-refractivity contribution in [1.29, 1.82) is 0 Å². The predicted octanol–water partition coefficient (Wildman–Crippen LogP) is 3.42. The van der Waals surface area contributed by atoms with E-state index < -0.39 is 0 Å². The molecule has 0 aliphatic rings. The van der Waals surface area contributed by atoms with Crippen LogP contribution in [0.4, 0.5) is 5.69 Å². The molecule has 0 spiro atoms. The summed E-state index contributed by atoms with van der Waals surface area (Å²) in [4.78, 5) is 2.28. The van der Waals surface area contributed by atoms with Gasteiger partial charge in [-0.25, -0.2) is 0 Å². The Labute approximate surface area is 120 Å². The van der Waals surface area contributed by atoms with E-state index >= 15 is 0 Å². The third-order valence-corrected chi connectivity index (χ3v) is 4.19. The minimum absolute atomic E-state index is 0.480. The van der Waals surface area contributed by atoms with E-state index in [1.54, 1.807) is 0 Å². The molecule has 0 radical (unpaired) electrons. The monoisotopic (exact) mass is 286 g/mol. The number of rotatable bonds is 7. The topological polar surface area (TPSA) is 29.3 Å². The van der Waals surface area contributed by atoms with Gasteiger partial charge in [-0.15, -0.1) is 0 Å². The fourth-order valence-corrected chi connectivity index (χ4v) is 2.92. The lowest BCUT2D eigenvalue weighted by atomic mass is 10.1. The summed E-state index contributed by atoms with van der Waals surface area (Å²) in [5.74, 6) is 1.17. The molecule has 102 valence electrons. The second kappa shape index (κ2) is 7.93. The zero-order chi connectivity index (χ0) is 13.5. The van der Waals surface area contributed by atoms with Crippen LogP contribution in [0.3, 0.4) is 0 Å². The third-order valence-electron chi connectivity index (χ3n) is 3.24. The Morgan fingerprint density at radius 1 is 1.44 bits per heavy atom. The van der Waals surface area contributed by atoms with E-state index in [4.69, 9.17) is 17.3 Å². The third kappa shape index (κ3) is 4.08. The number of thioether (sulfide) groups is 1. The lowest BCUT2D eigenvalue weighted by Gasteiger charge is -2.30. The highest BCUT2D eigenvalue weighted by Gasteiger charge is 2.16. The fourth-order valence-electron chi connectivity index (χ4n) is 2.01. The minimum Gasteiger partial charge on any atom is -0.370 e. The summed E-state index contributed by atoms with van der Waals surface area (Å²) in [5.41, 5.74) is 8.05. The van der Waals surface area contributed by atoms with Gasteiger partial charge < -0.3 is 10.6 Å². The van der Waals surface area contributed by atoms with E-state index in [1.165, 1.54) is 11.3 Å². The summed E-state index contributed by atoms with van der Waals surface area (Å²) in [7, 11) is 2.12. The van der Waals surface area contributed by atoms with Crippen LogP contribution >= 0.6 is 23.4 Å². The quantitative estimate of drug-likeness (QED) is 0.833. The number of para-hydroxylation sites is 1. The Hall–Kier alpha value is -0.380. The molecule has 1 aromatic carbocycles. The summed E-state index contributed by atoms with van der Waals surface area (Å²) < 4.78 is 0. The van der Waals surface area contributed by atoms with Gasteiger partial charge in [0, 0.05) is 13.1 Å². The Kier molecular flexibility index (Phi) is 6.90. The molecule has 0 aliphatic heterocycles. The first kappa shape index (κ1) is 15.7. The second-order valence-electron chi connectivity index (χ2n) is 4.53. The number of anilines is 1. The van der Waals surface area contributed by atoms with Gasteiger partial charge in [-0.2, -0.15) is 11.8 Å². The zero-order valence-corrected chi connectivity index (χ0v) is 13.0. The SMILES string of the molecule is CSCCC(C)N(C)c1c(Cl)cccc1CCN. The smallest absolute Gasteiger partial charge is 0.0642 e. The molecule has 4 heteroatoms. The van der Waals surface area contributed by atoms with Crippen molar-refractivity contribution in [3.8, 4) is 0 Å². The zero-order valence-electron chi connectivity index (χ0n) is 11.4. The van der Waals surface area contributed by atoms with Crippen LogP contribution in [0, 0.1) is 0 Å². The average Bonchev–Trinajstić information content (AvgIpc) is 2.36. The van der Waals surface area contributed by atoms with Crippen LogP contribution in [0.2, 0.25) is 5.02 Å². The highest BCUT2D eigenvalue weighted by molar-refractivity contribution is 7.98. The molecule has 0 bridgehead atoms. The highest BCUT2D eigenvalue weighted by Crippen LogP contribution is 2.31. The van der Waals surface area contributed by atoms with Gasteiger partial charge in [0.05, 0.1) is 10.7 Å². The molecule has 0 aliphatic carbocycles. The number of halogens is 1. The number of nitrogens with zero attached hydrogens (tertiary/aromatic N) is 1. The second-order valence-corrected chi connectivity index (χ2v) is 5.92. The molecule has 1 aromatic rings. The van der Waals surface area contributed by atoms with Crippen LogP contribution < -0.4 is 10.6 Å². The number of nitrogens with two attached hydrogens (primary N) is 1. The number of hydrogen-bond acceptors (Lipinski definition) is 3. The van der Waals surface area contributed by atoms with Gasteiger partial charge in [-0.05, 0) is 49.9 Å². The van der Waals surface area contributed by atoms with Gasteiger partial charge >= 0.3 is 0 Å². The van der Waals surface area contributed by atoms with E-state index in [0.717, 1.165) is 23.6 Å². The van der Waals surface area contributed by atoms with E-state index in [2.05, 4.69) is 31.2 Å². The van der Waals surface area contributed by atoms with Crippen molar-refractivity contribution in [2.75, 3.05) is 30.5 Å². The summed E-state index contributed by atoms with van der Waals surface area (Å²) >= 11 is 8.23. The Morgan fingerprint density at radius 3 is 2.78 bits per heavy atom. The van der Waals surface area contributed by atoms with Crippen LogP contribution in [0.25, 0.3) is 0 Å². The fraction of sp³-hybridized carbons (Fsp3) is 0.571. The van der Waals surface area contributed by atoms with Crippen molar-refractivity contribution in [2.45, 2.75) is 25.8 Å². The first-order valence-corrected chi connectivity index (χ1v) is 8.08. The van der Waals surface area contributed by atoms with Crippen molar-refractivity contribution >= 4 is 29.1 Å². The molecular formula is C14H23ClN2S. The minimum atomic E-state index is 0.480. The molecule has 0 saturated heterocycles. The van der Waals surface area contributed by atoms with Gasteiger partial charge in [-0.1, -0.05) is 23.7 Å². The highest BCUT2D eigenvalue weighted by atomic mass is 35.5. The maximum Gasteiger partial charge on any atom is 0.0642 e. The summed E-state index contributed by atoms with van der Waals surface area (Å²) in [6, 6.07) is 6.55. The summed E-state index contributed by atoms with van der Waals surface area (Å²) in [5, 5.41) is 0.819. The molecule has 1 rings (SSSR count). The van der Waals surface area contributed by atoms with Crippen LogP contribution in [0.15, 0.2) is 18.2 Å². The molecule has 0 amide bonds. The van der Waals surface area contributed by atoms with Crippen LogP contribution in [0.5, 0.6) is 0 Å². The molecule has 0 aromatic heterocycles. The predicted molar refractivity (Wildman–Crippen MR) is 85.1 cm³/mol. The maximum atomic E-state index is 6.35. The summed E-state index contributed by atoms with van der Waals surface area (Å²) in [6.07, 6.45) is 4.17. The van der Waals surface area contributed by atoms with Crippen LogP contribution in [-0.4, -0.2) is 31.6 Å². The van der Waals surface area contributed by atoms with Gasteiger partial charge in [0.15, 0.2) is 0 Å². The number of benzene rings is 1. The van der Waals surface area contributed by atoms with Gasteiger partial charge in [0.1, 0.15) is 0 Å². The van der Waals surface area contributed by atoms with Crippen molar-refractivity contribution in [1.82, 2.24) is 0 Å². The van der Waals surface area contributed by atoms with Crippen molar-refractivity contribution in [3.63, 3.8) is 0 Å². The Morgan fingerprint density at radius 2 is 2.17 bits per heavy atom. The van der Waals surface area contributed by atoms with Crippen molar-refractivity contribution in [3.05, 3.63) is 28.8 Å². The van der Waals surface area contributed by atoms with Crippen LogP contribution in [-0.2, 0) is 6.42 Å². The van der Waals surface area contributed by atoms with Crippen molar-refractivity contribution in [2.24, 2.45) is 5.73 Å². The maximum absolute atomic E-state index is 6.35. The molecule has 2 nitrogen and oxygen atoms in total. The molecule has 0 heterocycles. The lowest BCUT2D eigenvalue weighted by molar-refractivity contribution is 0.666. The first-order valence-electron chi connectivity index (χ1n) is 6.31. The molecule has 18 heavy (non-hydrogen) atoms. The lowest BCUT2D eigenvalue weighted by Crippen LogP contribution is -2.30. The molecule has 2 N–H and O–H groups in total. The number of hydrogen-bond donors (Lipinski definition) is 1. The molecular weight excluding hydrogens is 264 g/mol. The van der Waals surface area contributed by atoms with E-state index in [-0.39, 0.29) is 0 Å². The van der Waals surface area contributed by atoms with Crippen LogP contribution in [0.1, 0.15) is 18.9 Å². The van der Waals surface area contributed by atoms with E-state index in [9.17, 15) is 0 Å². The van der Waals surface area contributed by atoms with E-state index in [0.29, 0.717) is 12.6 Å². The Balaban J connectivity index is 2.92. The molecule has 1 unspecified atom stereocenters. The van der Waals surface area contributed by atoms with Gasteiger partial charge in [0.25, 0.3) is 0 Å². The molecule has 1 atom stereocenters. The normalized spacial score (nSPS) is 12.5. The van der Waals surface area contributed by atoms with E-state index in [1.807, 2.05) is 23.9 Å². The average molecular weight is 287 g/mol. The standard InChI is InChI=1S/C14H23ClN2S/c1-11(8-10-18-3)17(2)14-12(7-9-16)5-4-6-13(14)15/h4-6,11H,7-10,16H2,1-3H3. The Bertz CT molecular complexity index is 371. The van der Waals surface area contributed by atoms with Gasteiger partial charge in [-0.3, -0.25) is 0 Å².